The molecule has 0 fully saturated rings. The Morgan fingerprint density at radius 1 is 1.07 bits per heavy atom. The molecule has 14 heavy (non-hydrogen) atoms. The fraction of sp³-hybridized carbons (Fsp3) is 0.167. The third kappa shape index (κ3) is 2.03. The molecule has 0 radical (unpaired) electrons. The van der Waals surface area contributed by atoms with E-state index >= 15 is 0 Å². The van der Waals surface area contributed by atoms with Crippen molar-refractivity contribution < 1.29 is 4.42 Å². The van der Waals surface area contributed by atoms with Gasteiger partial charge in [0.2, 0.25) is 0 Å². The molecular weight excluding hydrogens is 174 g/mol. The lowest BCUT2D eigenvalue weighted by Crippen LogP contribution is -2.12. The summed E-state index contributed by atoms with van der Waals surface area (Å²) >= 11 is 0. The Bertz CT molecular complexity index is 366. The largest absolute Gasteiger partial charge is 0.469 e. The van der Waals surface area contributed by atoms with E-state index in [1.165, 1.54) is 0 Å². The first-order chi connectivity index (χ1) is 6.86. The molecule has 0 amide bonds. The van der Waals surface area contributed by atoms with E-state index in [1.54, 1.807) is 6.26 Å². The summed E-state index contributed by atoms with van der Waals surface area (Å²) in [6, 6.07) is 13.9. The minimum absolute atomic E-state index is 0.0161. The third-order valence-electron chi connectivity index (χ3n) is 2.23. The zero-order valence-corrected chi connectivity index (χ0v) is 7.89. The summed E-state index contributed by atoms with van der Waals surface area (Å²) in [6.07, 6.45) is 2.42. The van der Waals surface area contributed by atoms with Gasteiger partial charge in [0.1, 0.15) is 5.76 Å². The number of hydrogen-bond acceptors (Lipinski definition) is 2. The second-order valence-corrected chi connectivity index (χ2v) is 3.30. The van der Waals surface area contributed by atoms with E-state index in [-0.39, 0.29) is 6.04 Å². The van der Waals surface area contributed by atoms with Crippen LogP contribution in [0.25, 0.3) is 0 Å². The monoisotopic (exact) mass is 187 g/mol. The lowest BCUT2D eigenvalue weighted by molar-refractivity contribution is 0.488. The molecule has 1 heterocycles. The van der Waals surface area contributed by atoms with Gasteiger partial charge in [0.15, 0.2) is 0 Å². The van der Waals surface area contributed by atoms with Crippen molar-refractivity contribution in [3.63, 3.8) is 0 Å². The van der Waals surface area contributed by atoms with Crippen LogP contribution in [0.1, 0.15) is 17.4 Å². The summed E-state index contributed by atoms with van der Waals surface area (Å²) in [6.45, 7) is 0. The zero-order valence-electron chi connectivity index (χ0n) is 7.89. The van der Waals surface area contributed by atoms with Gasteiger partial charge >= 0.3 is 0 Å². The molecule has 2 nitrogen and oxygen atoms in total. The SMILES string of the molecule is NC(Cc1ccco1)c1ccccc1. The molecular formula is C12H13NO. The highest BCUT2D eigenvalue weighted by molar-refractivity contribution is 5.20. The summed E-state index contributed by atoms with van der Waals surface area (Å²) in [5.41, 5.74) is 7.17. The van der Waals surface area contributed by atoms with Gasteiger partial charge in [-0.2, -0.15) is 0 Å². The summed E-state index contributed by atoms with van der Waals surface area (Å²) in [5, 5.41) is 0. The van der Waals surface area contributed by atoms with Crippen LogP contribution in [0.3, 0.4) is 0 Å². The number of rotatable bonds is 3. The molecule has 72 valence electrons. The predicted octanol–water partition coefficient (Wildman–Crippen LogP) is 2.52. The van der Waals surface area contributed by atoms with Gasteiger partial charge in [-0.1, -0.05) is 30.3 Å². The predicted molar refractivity (Wildman–Crippen MR) is 55.8 cm³/mol. The number of furan rings is 1. The molecule has 0 saturated heterocycles. The molecule has 0 spiro atoms. The molecule has 1 atom stereocenters. The quantitative estimate of drug-likeness (QED) is 0.801. The van der Waals surface area contributed by atoms with Crippen LogP contribution in [0.2, 0.25) is 0 Å². The van der Waals surface area contributed by atoms with Crippen molar-refractivity contribution in [2.24, 2.45) is 5.73 Å². The molecule has 1 aromatic heterocycles. The van der Waals surface area contributed by atoms with Crippen molar-refractivity contribution >= 4 is 0 Å². The molecule has 2 aromatic rings. The van der Waals surface area contributed by atoms with Crippen LogP contribution in [0.15, 0.2) is 53.1 Å². The standard InChI is InChI=1S/C12H13NO/c13-12(9-11-7-4-8-14-11)10-5-2-1-3-6-10/h1-8,12H,9,13H2. The topological polar surface area (TPSA) is 39.2 Å². The highest BCUT2D eigenvalue weighted by Crippen LogP contribution is 2.15. The fourth-order valence-corrected chi connectivity index (χ4v) is 1.46. The van der Waals surface area contributed by atoms with Gasteiger partial charge in [0.25, 0.3) is 0 Å². The van der Waals surface area contributed by atoms with Crippen LogP contribution >= 0.6 is 0 Å². The maximum Gasteiger partial charge on any atom is 0.105 e. The molecule has 2 heteroatoms. The average molecular weight is 187 g/mol. The molecule has 1 unspecified atom stereocenters. The van der Waals surface area contributed by atoms with Crippen molar-refractivity contribution in [2.45, 2.75) is 12.5 Å². The first kappa shape index (κ1) is 9.03. The second-order valence-electron chi connectivity index (χ2n) is 3.30. The van der Waals surface area contributed by atoms with Crippen molar-refractivity contribution in [2.75, 3.05) is 0 Å². The van der Waals surface area contributed by atoms with E-state index in [1.807, 2.05) is 42.5 Å². The van der Waals surface area contributed by atoms with Gasteiger partial charge in [0.05, 0.1) is 6.26 Å². The Labute approximate surface area is 83.4 Å². The smallest absolute Gasteiger partial charge is 0.105 e. The van der Waals surface area contributed by atoms with E-state index in [9.17, 15) is 0 Å². The average Bonchev–Trinajstić information content (AvgIpc) is 2.72. The Kier molecular flexibility index (Phi) is 2.65. The molecule has 0 aliphatic carbocycles. The molecule has 0 aliphatic heterocycles. The van der Waals surface area contributed by atoms with Gasteiger partial charge in [-0.15, -0.1) is 0 Å². The third-order valence-corrected chi connectivity index (χ3v) is 2.23. The number of benzene rings is 1. The summed E-state index contributed by atoms with van der Waals surface area (Å²) in [7, 11) is 0. The van der Waals surface area contributed by atoms with Crippen molar-refractivity contribution in [3.8, 4) is 0 Å². The highest BCUT2D eigenvalue weighted by Gasteiger charge is 2.07. The second kappa shape index (κ2) is 4.11. The van der Waals surface area contributed by atoms with Crippen molar-refractivity contribution in [1.82, 2.24) is 0 Å². The van der Waals surface area contributed by atoms with Crippen LogP contribution in [0, 0.1) is 0 Å². The fourth-order valence-electron chi connectivity index (χ4n) is 1.46. The van der Waals surface area contributed by atoms with Crippen LogP contribution < -0.4 is 5.73 Å². The van der Waals surface area contributed by atoms with Gasteiger partial charge < -0.3 is 10.2 Å². The lowest BCUT2D eigenvalue weighted by atomic mass is 10.0. The first-order valence-electron chi connectivity index (χ1n) is 4.69. The first-order valence-corrected chi connectivity index (χ1v) is 4.69. The van der Waals surface area contributed by atoms with Crippen molar-refractivity contribution in [1.29, 1.82) is 0 Å². The minimum atomic E-state index is 0.0161. The molecule has 2 rings (SSSR count). The van der Waals surface area contributed by atoms with Gasteiger partial charge in [0, 0.05) is 12.5 Å². The van der Waals surface area contributed by atoms with Crippen LogP contribution in [0.4, 0.5) is 0 Å². The molecule has 2 N–H and O–H groups in total. The number of nitrogens with two attached hydrogens (primary N) is 1. The maximum atomic E-state index is 6.03. The summed E-state index contributed by atoms with van der Waals surface area (Å²) in [5.74, 6) is 0.932. The van der Waals surface area contributed by atoms with Gasteiger partial charge in [-0.25, -0.2) is 0 Å². The minimum Gasteiger partial charge on any atom is -0.469 e. The maximum absolute atomic E-state index is 6.03. The summed E-state index contributed by atoms with van der Waals surface area (Å²) < 4.78 is 5.25. The Hall–Kier alpha value is -1.54. The zero-order chi connectivity index (χ0) is 9.80. The Balaban J connectivity index is 2.07. The van der Waals surface area contributed by atoms with Crippen LogP contribution in [0.5, 0.6) is 0 Å². The van der Waals surface area contributed by atoms with E-state index in [0.717, 1.165) is 17.7 Å². The van der Waals surface area contributed by atoms with Gasteiger partial charge in [-0.05, 0) is 17.7 Å². The highest BCUT2D eigenvalue weighted by atomic mass is 16.3. The number of hydrogen-bond donors (Lipinski definition) is 1. The molecule has 0 bridgehead atoms. The molecule has 1 aromatic carbocycles. The van der Waals surface area contributed by atoms with E-state index in [4.69, 9.17) is 10.2 Å². The van der Waals surface area contributed by atoms with Crippen molar-refractivity contribution in [3.05, 3.63) is 60.1 Å². The van der Waals surface area contributed by atoms with E-state index in [0.29, 0.717) is 0 Å². The van der Waals surface area contributed by atoms with E-state index < -0.39 is 0 Å². The van der Waals surface area contributed by atoms with Crippen LogP contribution in [-0.2, 0) is 6.42 Å². The van der Waals surface area contributed by atoms with Gasteiger partial charge in [-0.3, -0.25) is 0 Å². The normalized spacial score (nSPS) is 12.6. The lowest BCUT2D eigenvalue weighted by Gasteiger charge is -2.09. The molecule has 0 aliphatic rings. The van der Waals surface area contributed by atoms with Crippen LogP contribution in [-0.4, -0.2) is 0 Å². The Morgan fingerprint density at radius 2 is 1.86 bits per heavy atom. The summed E-state index contributed by atoms with van der Waals surface area (Å²) in [4.78, 5) is 0. The van der Waals surface area contributed by atoms with E-state index in [2.05, 4.69) is 0 Å². The Morgan fingerprint density at radius 3 is 2.50 bits per heavy atom. The molecule has 0 saturated carbocycles.